The minimum Gasteiger partial charge on any atom is -0.384 e. The molecule has 0 spiro atoms. The lowest BCUT2D eigenvalue weighted by Gasteiger charge is -2.43. The maximum Gasteiger partial charge on any atom is 0.243 e. The predicted molar refractivity (Wildman–Crippen MR) is 141 cm³/mol. The molecule has 0 radical (unpaired) electrons. The first kappa shape index (κ1) is 24.0. The molecule has 3 atom stereocenters. The maximum absolute atomic E-state index is 13.4. The number of nitrogens with zero attached hydrogens (tertiary/aromatic N) is 2. The Kier molecular flexibility index (Phi) is 7.00. The van der Waals surface area contributed by atoms with Gasteiger partial charge in [0.25, 0.3) is 0 Å². The van der Waals surface area contributed by atoms with Crippen LogP contribution in [0.1, 0.15) is 42.0 Å². The monoisotopic (exact) mass is 483 g/mol. The van der Waals surface area contributed by atoms with Crippen LogP contribution in [0.2, 0.25) is 0 Å². The Morgan fingerprint density at radius 1 is 1.06 bits per heavy atom. The summed E-state index contributed by atoms with van der Waals surface area (Å²) >= 11 is 0. The van der Waals surface area contributed by atoms with Gasteiger partial charge in [-0.05, 0) is 67.0 Å². The fraction of sp³-hybridized carbons (Fsp3) is 0.345. The number of hydrogen-bond acceptors (Lipinski definition) is 5. The summed E-state index contributed by atoms with van der Waals surface area (Å²) < 4.78 is 0. The molecular formula is C29H33N5O2. The van der Waals surface area contributed by atoms with Crippen molar-refractivity contribution >= 4 is 17.6 Å². The zero-order valence-corrected chi connectivity index (χ0v) is 20.6. The van der Waals surface area contributed by atoms with E-state index in [0.717, 1.165) is 30.6 Å². The van der Waals surface area contributed by atoms with Gasteiger partial charge in [-0.15, -0.1) is 0 Å². The van der Waals surface area contributed by atoms with Gasteiger partial charge in [0.2, 0.25) is 11.8 Å². The van der Waals surface area contributed by atoms with Gasteiger partial charge in [-0.1, -0.05) is 60.7 Å². The number of likely N-dealkylation sites (tertiary alicyclic amines) is 1. The molecule has 7 nitrogen and oxygen atoms in total. The second-order valence-corrected chi connectivity index (χ2v) is 9.75. The number of aryl methyl sites for hydroxylation is 1. The molecule has 2 amide bonds. The Hall–Kier alpha value is -3.71. The number of anilines is 1. The van der Waals surface area contributed by atoms with Crippen molar-refractivity contribution < 1.29 is 9.59 Å². The predicted octanol–water partition coefficient (Wildman–Crippen LogP) is 3.39. The summed E-state index contributed by atoms with van der Waals surface area (Å²) in [7, 11) is 0. The molecule has 2 aliphatic heterocycles. The Balaban J connectivity index is 1.20. The van der Waals surface area contributed by atoms with Crippen molar-refractivity contribution in [3.63, 3.8) is 0 Å². The molecule has 1 aromatic heterocycles. The lowest BCUT2D eigenvalue weighted by atomic mass is 9.84. The Bertz CT molecular complexity index is 1250. The molecule has 3 aromatic rings. The molecule has 0 bridgehead atoms. The normalized spacial score (nSPS) is 21.5. The van der Waals surface area contributed by atoms with Crippen LogP contribution >= 0.6 is 0 Å². The highest BCUT2D eigenvalue weighted by atomic mass is 16.2. The van der Waals surface area contributed by atoms with Crippen LogP contribution in [0.25, 0.3) is 11.1 Å². The summed E-state index contributed by atoms with van der Waals surface area (Å²) in [4.78, 5) is 32.2. The van der Waals surface area contributed by atoms with Crippen LogP contribution in [0, 0.1) is 6.92 Å². The quantitative estimate of drug-likeness (QED) is 0.499. The zero-order valence-electron chi connectivity index (χ0n) is 20.6. The fourth-order valence-electron chi connectivity index (χ4n) is 5.23. The maximum atomic E-state index is 13.4. The Morgan fingerprint density at radius 3 is 2.61 bits per heavy atom. The van der Waals surface area contributed by atoms with Crippen molar-refractivity contribution in [3.8, 4) is 11.1 Å². The number of carbonyl (C=O) groups excluding carboxylic acids is 2. The number of pyridine rings is 1. The second-order valence-electron chi connectivity index (χ2n) is 9.75. The van der Waals surface area contributed by atoms with E-state index in [1.165, 1.54) is 16.7 Å². The van der Waals surface area contributed by atoms with Crippen LogP contribution in [0.3, 0.4) is 0 Å². The smallest absolute Gasteiger partial charge is 0.243 e. The van der Waals surface area contributed by atoms with Crippen LogP contribution in [0.5, 0.6) is 0 Å². The van der Waals surface area contributed by atoms with E-state index in [9.17, 15) is 9.59 Å². The topological polar surface area (TPSA) is 100 Å². The summed E-state index contributed by atoms with van der Waals surface area (Å²) in [6.07, 6.45) is 2.41. The van der Waals surface area contributed by atoms with Gasteiger partial charge in [0.05, 0.1) is 6.04 Å². The summed E-state index contributed by atoms with van der Waals surface area (Å²) in [6.45, 7) is 3.65. The number of carbonyl (C=O) groups is 2. The van der Waals surface area contributed by atoms with Crippen molar-refractivity contribution in [1.29, 1.82) is 0 Å². The van der Waals surface area contributed by atoms with Crippen LogP contribution in [0.15, 0.2) is 66.7 Å². The van der Waals surface area contributed by atoms with Gasteiger partial charge in [0.15, 0.2) is 0 Å². The number of nitrogens with one attached hydrogen (secondary N) is 2. The average Bonchev–Trinajstić information content (AvgIpc) is 2.88. The number of benzene rings is 2. The van der Waals surface area contributed by atoms with E-state index in [2.05, 4.69) is 64.1 Å². The van der Waals surface area contributed by atoms with Crippen molar-refractivity contribution in [1.82, 2.24) is 20.5 Å². The van der Waals surface area contributed by atoms with Gasteiger partial charge in [-0.2, -0.15) is 0 Å². The fourth-order valence-corrected chi connectivity index (χ4v) is 5.23. The third-order valence-corrected chi connectivity index (χ3v) is 7.44. The number of nitrogen functional groups attached to an aromatic ring is 1. The van der Waals surface area contributed by atoms with Gasteiger partial charge in [-0.3, -0.25) is 9.59 Å². The van der Waals surface area contributed by atoms with E-state index in [0.29, 0.717) is 31.2 Å². The van der Waals surface area contributed by atoms with Crippen molar-refractivity contribution in [2.45, 2.75) is 50.7 Å². The molecule has 0 saturated carbocycles. The molecule has 2 saturated heterocycles. The molecular weight excluding hydrogens is 450 g/mol. The van der Waals surface area contributed by atoms with Gasteiger partial charge in [0.1, 0.15) is 11.9 Å². The van der Waals surface area contributed by atoms with E-state index in [1.54, 1.807) is 11.0 Å². The lowest BCUT2D eigenvalue weighted by Crippen LogP contribution is -2.62. The highest BCUT2D eigenvalue weighted by molar-refractivity contribution is 5.91. The molecule has 4 N–H and O–H groups in total. The number of aromatic nitrogens is 1. The number of hydrogen-bond donors (Lipinski definition) is 3. The third-order valence-electron chi connectivity index (χ3n) is 7.44. The van der Waals surface area contributed by atoms with Gasteiger partial charge in [0, 0.05) is 18.8 Å². The average molecular weight is 484 g/mol. The first-order chi connectivity index (χ1) is 17.5. The Morgan fingerprint density at radius 2 is 1.86 bits per heavy atom. The largest absolute Gasteiger partial charge is 0.384 e. The number of rotatable bonds is 6. The van der Waals surface area contributed by atoms with Gasteiger partial charge in [-0.25, -0.2) is 4.98 Å². The Labute approximate surface area is 212 Å². The van der Waals surface area contributed by atoms with Crippen molar-refractivity contribution in [2.75, 3.05) is 18.8 Å². The van der Waals surface area contributed by atoms with E-state index >= 15 is 0 Å². The van der Waals surface area contributed by atoms with E-state index < -0.39 is 6.04 Å². The molecule has 2 aliphatic rings. The molecule has 2 aromatic carbocycles. The van der Waals surface area contributed by atoms with E-state index in [1.807, 2.05) is 19.1 Å². The van der Waals surface area contributed by atoms with Gasteiger partial charge >= 0.3 is 0 Å². The zero-order chi connectivity index (χ0) is 25.1. The van der Waals surface area contributed by atoms with Crippen LogP contribution in [0.4, 0.5) is 5.82 Å². The van der Waals surface area contributed by atoms with Crippen molar-refractivity contribution in [3.05, 3.63) is 83.6 Å². The summed E-state index contributed by atoms with van der Waals surface area (Å²) in [5, 5.41) is 6.37. The SMILES string of the molecule is Cc1nc(N)ccc1CNC(=O)[C@@H]1CCN1C(=O)[C@H]1C[C@@H](c2cccc(-c3ccccc3)c2)CCN1. The molecule has 2 fully saturated rings. The summed E-state index contributed by atoms with van der Waals surface area (Å²) in [5.41, 5.74) is 11.1. The number of piperidine rings is 1. The molecule has 36 heavy (non-hydrogen) atoms. The highest BCUT2D eigenvalue weighted by Gasteiger charge is 2.41. The van der Waals surface area contributed by atoms with Crippen molar-refractivity contribution in [2.24, 2.45) is 0 Å². The first-order valence-electron chi connectivity index (χ1n) is 12.7. The second kappa shape index (κ2) is 10.5. The molecule has 7 heteroatoms. The van der Waals surface area contributed by atoms with E-state index in [4.69, 9.17) is 5.73 Å². The first-order valence-corrected chi connectivity index (χ1v) is 12.7. The number of nitrogens with two attached hydrogens (primary N) is 1. The number of amides is 2. The molecule has 0 aliphatic carbocycles. The lowest BCUT2D eigenvalue weighted by molar-refractivity contribution is -0.149. The summed E-state index contributed by atoms with van der Waals surface area (Å²) in [6, 6.07) is 21.9. The van der Waals surface area contributed by atoms with Crippen LogP contribution in [-0.2, 0) is 16.1 Å². The molecule has 0 unspecified atom stereocenters. The van der Waals surface area contributed by atoms with Crippen LogP contribution < -0.4 is 16.4 Å². The van der Waals surface area contributed by atoms with Gasteiger partial charge < -0.3 is 21.3 Å². The van der Waals surface area contributed by atoms with E-state index in [-0.39, 0.29) is 17.9 Å². The standard InChI is InChI=1S/C29H33N5O2/c1-19-24(10-11-27(30)33-19)18-32-28(35)26-13-15-34(26)29(36)25-17-23(12-14-31-25)22-9-5-8-21(16-22)20-6-3-2-4-7-20/h2-11,16,23,25-26,31H,12-15,17-18H2,1H3,(H2,30,33)(H,32,35)/t23-,25+,26-/m0/s1. The summed E-state index contributed by atoms with van der Waals surface area (Å²) in [5.74, 6) is 0.672. The molecule has 186 valence electrons. The van der Waals surface area contributed by atoms with Crippen LogP contribution in [-0.4, -0.2) is 46.9 Å². The third kappa shape index (κ3) is 5.11. The minimum atomic E-state index is -0.414. The molecule has 5 rings (SSSR count). The highest BCUT2D eigenvalue weighted by Crippen LogP contribution is 2.32. The molecule has 3 heterocycles. The minimum absolute atomic E-state index is 0.0237.